The van der Waals surface area contributed by atoms with Crippen LogP contribution in [-0.2, 0) is 0 Å². The largest absolute Gasteiger partial charge is 0.309 e. The zero-order valence-corrected chi connectivity index (χ0v) is 30.2. The molecule has 11 aromatic rings. The number of fused-ring (bicyclic) bond motifs is 6. The van der Waals surface area contributed by atoms with E-state index in [1.807, 2.05) is 66.9 Å². The summed E-state index contributed by atoms with van der Waals surface area (Å²) in [7, 11) is 0. The van der Waals surface area contributed by atoms with Crippen LogP contribution in [0.4, 0.5) is 0 Å². The highest BCUT2D eigenvalue weighted by Gasteiger charge is 2.19. The van der Waals surface area contributed by atoms with Crippen LogP contribution < -0.4 is 0 Å². The molecule has 262 valence electrons. The Morgan fingerprint density at radius 2 is 0.750 bits per heavy atom. The van der Waals surface area contributed by atoms with E-state index in [2.05, 4.69) is 137 Å². The molecule has 0 fully saturated rings. The normalized spacial score (nSPS) is 11.6. The predicted molar refractivity (Wildman–Crippen MR) is 228 cm³/mol. The van der Waals surface area contributed by atoms with E-state index in [4.69, 9.17) is 19.9 Å². The minimum atomic E-state index is 0.573. The van der Waals surface area contributed by atoms with Crippen molar-refractivity contribution in [2.24, 2.45) is 0 Å². The van der Waals surface area contributed by atoms with Gasteiger partial charge in [-0.2, -0.15) is 0 Å². The van der Waals surface area contributed by atoms with Crippen LogP contribution in [0.5, 0.6) is 0 Å². The quantitative estimate of drug-likeness (QED) is 0.172. The summed E-state index contributed by atoms with van der Waals surface area (Å²) in [4.78, 5) is 19.8. The maximum absolute atomic E-state index is 5.10. The molecule has 11 rings (SSSR count). The van der Waals surface area contributed by atoms with E-state index in [0.29, 0.717) is 17.5 Å². The Kier molecular flexibility index (Phi) is 7.38. The lowest BCUT2D eigenvalue weighted by Crippen LogP contribution is -2.01. The van der Waals surface area contributed by atoms with Crippen LogP contribution in [0.2, 0.25) is 0 Å². The fourth-order valence-corrected chi connectivity index (χ4v) is 7.98. The smallest absolute Gasteiger partial charge is 0.165 e. The van der Waals surface area contributed by atoms with Gasteiger partial charge in [0.1, 0.15) is 5.82 Å². The van der Waals surface area contributed by atoms with Crippen LogP contribution in [0.25, 0.3) is 100 Å². The van der Waals surface area contributed by atoms with Gasteiger partial charge >= 0.3 is 0 Å². The molecule has 0 radical (unpaired) electrons. The van der Waals surface area contributed by atoms with Crippen LogP contribution in [0.1, 0.15) is 0 Å². The van der Waals surface area contributed by atoms with Crippen molar-refractivity contribution in [2.75, 3.05) is 0 Å². The van der Waals surface area contributed by atoms with Crippen molar-refractivity contribution in [1.82, 2.24) is 29.1 Å². The first-order valence-corrected chi connectivity index (χ1v) is 18.7. The van der Waals surface area contributed by atoms with Gasteiger partial charge in [-0.3, -0.25) is 4.57 Å². The summed E-state index contributed by atoms with van der Waals surface area (Å²) in [6, 6.07) is 65.6. The molecule has 7 aromatic carbocycles. The summed E-state index contributed by atoms with van der Waals surface area (Å²) < 4.78 is 4.65. The number of hydrogen-bond acceptors (Lipinski definition) is 4. The molecule has 6 heteroatoms. The third-order valence-corrected chi connectivity index (χ3v) is 10.6. The summed E-state index contributed by atoms with van der Waals surface area (Å²) in [5.74, 6) is 2.63. The van der Waals surface area contributed by atoms with Crippen molar-refractivity contribution in [2.45, 2.75) is 0 Å². The molecule has 0 aliphatic carbocycles. The van der Waals surface area contributed by atoms with Crippen molar-refractivity contribution in [1.29, 1.82) is 0 Å². The molecule has 0 saturated carbocycles. The van der Waals surface area contributed by atoms with E-state index < -0.39 is 0 Å². The van der Waals surface area contributed by atoms with E-state index in [1.165, 1.54) is 38.2 Å². The zero-order chi connectivity index (χ0) is 37.0. The second kappa shape index (κ2) is 13.0. The van der Waals surface area contributed by atoms with Crippen LogP contribution in [-0.4, -0.2) is 29.1 Å². The Bertz CT molecular complexity index is 3150. The highest BCUT2D eigenvalue weighted by molar-refractivity contribution is 6.19. The summed E-state index contributed by atoms with van der Waals surface area (Å²) in [5.41, 5.74) is 10.7. The number of benzene rings is 7. The number of rotatable bonds is 6. The Labute approximate surface area is 322 Å². The van der Waals surface area contributed by atoms with Crippen LogP contribution in [0.3, 0.4) is 0 Å². The van der Waals surface area contributed by atoms with E-state index in [0.717, 1.165) is 44.7 Å². The summed E-state index contributed by atoms with van der Waals surface area (Å²) in [6.45, 7) is 0. The Balaban J connectivity index is 1.08. The predicted octanol–water partition coefficient (Wildman–Crippen LogP) is 12.1. The number of pyridine rings is 1. The van der Waals surface area contributed by atoms with Gasteiger partial charge in [-0.1, -0.05) is 140 Å². The lowest BCUT2D eigenvalue weighted by atomic mass is 10.1. The van der Waals surface area contributed by atoms with Crippen LogP contribution in [0.15, 0.2) is 194 Å². The van der Waals surface area contributed by atoms with Crippen molar-refractivity contribution >= 4 is 43.6 Å². The molecule has 0 saturated heterocycles. The highest BCUT2D eigenvalue weighted by atomic mass is 15.1. The molecule has 6 nitrogen and oxygen atoms in total. The molecule has 0 N–H and O–H groups in total. The van der Waals surface area contributed by atoms with Gasteiger partial charge < -0.3 is 4.57 Å². The standard InChI is InChI=1S/C50H32N6/c1-4-14-33(15-5-1)34-24-27-38(28-25-34)55-43-22-12-10-20-39(43)41-30-42-40-21-11-13-23-44(40)56(46(42)31-45(41)55)47-29-26-37(32-51-47)50-53-48(35-16-6-2-7-17-35)52-49(54-50)36-18-8-3-9-19-36/h1-32H. The number of hydrogen-bond donors (Lipinski definition) is 0. The summed E-state index contributed by atoms with van der Waals surface area (Å²) >= 11 is 0. The Hall–Kier alpha value is -7.70. The summed E-state index contributed by atoms with van der Waals surface area (Å²) in [5, 5.41) is 4.79. The number of aromatic nitrogens is 6. The van der Waals surface area contributed by atoms with Crippen molar-refractivity contribution in [3.05, 3.63) is 194 Å². The average molecular weight is 717 g/mol. The fourth-order valence-electron chi connectivity index (χ4n) is 7.98. The molecule has 0 aliphatic rings. The lowest BCUT2D eigenvalue weighted by Gasteiger charge is -2.11. The summed E-state index contributed by atoms with van der Waals surface area (Å²) in [6.07, 6.45) is 1.87. The van der Waals surface area contributed by atoms with Gasteiger partial charge in [0.2, 0.25) is 0 Å². The van der Waals surface area contributed by atoms with Gasteiger partial charge in [-0.25, -0.2) is 19.9 Å². The van der Waals surface area contributed by atoms with E-state index in [-0.39, 0.29) is 0 Å². The maximum atomic E-state index is 5.10. The first-order valence-electron chi connectivity index (χ1n) is 18.7. The van der Waals surface area contributed by atoms with Gasteiger partial charge in [0, 0.05) is 50.1 Å². The molecular weight excluding hydrogens is 685 g/mol. The molecule has 0 amide bonds. The second-order valence-electron chi connectivity index (χ2n) is 13.9. The lowest BCUT2D eigenvalue weighted by molar-refractivity contribution is 1.05. The van der Waals surface area contributed by atoms with E-state index in [1.54, 1.807) is 0 Å². The molecule has 0 atom stereocenters. The van der Waals surface area contributed by atoms with Crippen molar-refractivity contribution in [3.8, 4) is 56.8 Å². The first kappa shape index (κ1) is 31.8. The Morgan fingerprint density at radius 3 is 1.30 bits per heavy atom. The molecule has 0 bridgehead atoms. The van der Waals surface area contributed by atoms with Gasteiger partial charge in [0.25, 0.3) is 0 Å². The first-order chi connectivity index (χ1) is 27.8. The third-order valence-electron chi connectivity index (χ3n) is 10.6. The second-order valence-corrected chi connectivity index (χ2v) is 13.9. The van der Waals surface area contributed by atoms with E-state index in [9.17, 15) is 0 Å². The van der Waals surface area contributed by atoms with Gasteiger partial charge in [-0.05, 0) is 59.7 Å². The van der Waals surface area contributed by atoms with Gasteiger partial charge in [0.05, 0.1) is 22.1 Å². The van der Waals surface area contributed by atoms with Crippen molar-refractivity contribution < 1.29 is 0 Å². The van der Waals surface area contributed by atoms with Gasteiger partial charge in [-0.15, -0.1) is 0 Å². The molecule has 0 unspecified atom stereocenters. The van der Waals surface area contributed by atoms with Crippen LogP contribution in [0, 0.1) is 0 Å². The molecule has 4 heterocycles. The maximum Gasteiger partial charge on any atom is 0.165 e. The topological polar surface area (TPSA) is 61.4 Å². The van der Waals surface area contributed by atoms with E-state index >= 15 is 0 Å². The monoisotopic (exact) mass is 716 g/mol. The fraction of sp³-hybridized carbons (Fsp3) is 0. The molecule has 56 heavy (non-hydrogen) atoms. The van der Waals surface area contributed by atoms with Crippen LogP contribution >= 0.6 is 0 Å². The number of para-hydroxylation sites is 2. The SMILES string of the molecule is c1ccc(-c2ccc(-n3c4ccccc4c4cc5c6ccccc6n(-c6ccc(-c7nc(-c8ccccc8)nc(-c8ccccc8)n7)cn6)c5cc43)cc2)cc1. The molecule has 0 spiro atoms. The van der Waals surface area contributed by atoms with Crippen molar-refractivity contribution in [3.63, 3.8) is 0 Å². The average Bonchev–Trinajstić information content (AvgIpc) is 3.78. The Morgan fingerprint density at radius 1 is 0.304 bits per heavy atom. The minimum absolute atomic E-state index is 0.573. The number of nitrogens with zero attached hydrogens (tertiary/aromatic N) is 6. The molecule has 4 aromatic heterocycles. The zero-order valence-electron chi connectivity index (χ0n) is 30.2. The van der Waals surface area contributed by atoms with Gasteiger partial charge in [0.15, 0.2) is 17.5 Å². The minimum Gasteiger partial charge on any atom is -0.309 e. The molecular formula is C50H32N6. The molecule has 0 aliphatic heterocycles. The third kappa shape index (κ3) is 5.27. The highest BCUT2D eigenvalue weighted by Crippen LogP contribution is 2.40.